The normalized spacial score (nSPS) is 14.8. The molecule has 150 valence electrons. The Morgan fingerprint density at radius 1 is 1.17 bits per heavy atom. The SMILES string of the molecule is CNC(=O)C1CCN(C(=O)c2cc(-c3ccco3)n(-c3ccc(Cl)cc3)n2)CC1. The zero-order valence-corrected chi connectivity index (χ0v) is 16.7. The van der Waals surface area contributed by atoms with Crippen LogP contribution in [-0.4, -0.2) is 46.6 Å². The maximum absolute atomic E-state index is 13.1. The van der Waals surface area contributed by atoms with Crippen LogP contribution in [0.4, 0.5) is 0 Å². The van der Waals surface area contributed by atoms with Crippen LogP contribution in [0.25, 0.3) is 17.1 Å². The van der Waals surface area contributed by atoms with Gasteiger partial charge in [0.1, 0.15) is 5.69 Å². The van der Waals surface area contributed by atoms with Crippen molar-refractivity contribution < 1.29 is 14.0 Å². The number of carbonyl (C=O) groups is 2. The molecule has 0 radical (unpaired) electrons. The van der Waals surface area contributed by atoms with E-state index in [1.165, 1.54) is 0 Å². The Bertz CT molecular complexity index is 1000. The minimum absolute atomic E-state index is 0.0317. The molecule has 0 unspecified atom stereocenters. The zero-order valence-electron chi connectivity index (χ0n) is 16.0. The van der Waals surface area contributed by atoms with Gasteiger partial charge < -0.3 is 14.6 Å². The average molecular weight is 413 g/mol. The van der Waals surface area contributed by atoms with Crippen LogP contribution in [0.2, 0.25) is 5.02 Å². The summed E-state index contributed by atoms with van der Waals surface area (Å²) in [5.74, 6) is 0.448. The lowest BCUT2D eigenvalue weighted by Crippen LogP contribution is -2.42. The highest BCUT2D eigenvalue weighted by Gasteiger charge is 2.29. The van der Waals surface area contributed by atoms with Gasteiger partial charge in [-0.3, -0.25) is 9.59 Å². The standard InChI is InChI=1S/C21H21ClN4O3/c1-23-20(27)14-8-10-25(11-9-14)21(28)17-13-18(19-3-2-12-29-19)26(24-17)16-6-4-15(22)5-7-16/h2-7,12-14H,8-11H2,1H3,(H,23,27). The van der Waals surface area contributed by atoms with Crippen LogP contribution >= 0.6 is 11.6 Å². The summed E-state index contributed by atoms with van der Waals surface area (Å²) in [5, 5.41) is 7.86. The van der Waals surface area contributed by atoms with E-state index in [2.05, 4.69) is 10.4 Å². The molecule has 1 aliphatic rings. The van der Waals surface area contributed by atoms with Gasteiger partial charge in [0.25, 0.3) is 5.91 Å². The Balaban J connectivity index is 1.61. The molecule has 4 rings (SSSR count). The van der Waals surface area contributed by atoms with Gasteiger partial charge in [0, 0.05) is 37.1 Å². The molecule has 0 saturated carbocycles. The number of furan rings is 1. The van der Waals surface area contributed by atoms with E-state index in [4.69, 9.17) is 16.0 Å². The number of hydrogen-bond acceptors (Lipinski definition) is 4. The van der Waals surface area contributed by atoms with Crippen molar-refractivity contribution in [2.75, 3.05) is 20.1 Å². The fourth-order valence-corrected chi connectivity index (χ4v) is 3.70. The van der Waals surface area contributed by atoms with E-state index in [1.807, 2.05) is 18.2 Å². The lowest BCUT2D eigenvalue weighted by Gasteiger charge is -2.30. The van der Waals surface area contributed by atoms with Crippen molar-refractivity contribution in [3.8, 4) is 17.1 Å². The lowest BCUT2D eigenvalue weighted by atomic mass is 9.96. The number of rotatable bonds is 4. The molecule has 0 atom stereocenters. The van der Waals surface area contributed by atoms with Crippen molar-refractivity contribution in [2.24, 2.45) is 5.92 Å². The van der Waals surface area contributed by atoms with Crippen molar-refractivity contribution in [3.05, 3.63) is 59.4 Å². The van der Waals surface area contributed by atoms with E-state index in [0.29, 0.717) is 48.1 Å². The van der Waals surface area contributed by atoms with Gasteiger partial charge in [-0.05, 0) is 49.2 Å². The highest BCUT2D eigenvalue weighted by atomic mass is 35.5. The molecule has 0 spiro atoms. The number of piperidine rings is 1. The number of amides is 2. The highest BCUT2D eigenvalue weighted by molar-refractivity contribution is 6.30. The maximum Gasteiger partial charge on any atom is 0.274 e. The fourth-order valence-electron chi connectivity index (χ4n) is 3.58. The first-order chi connectivity index (χ1) is 14.1. The second kappa shape index (κ2) is 8.13. The smallest absolute Gasteiger partial charge is 0.274 e. The maximum atomic E-state index is 13.1. The van der Waals surface area contributed by atoms with E-state index in [-0.39, 0.29) is 17.7 Å². The molecule has 3 heterocycles. The summed E-state index contributed by atoms with van der Waals surface area (Å²) in [4.78, 5) is 26.6. The van der Waals surface area contributed by atoms with E-state index in [1.54, 1.807) is 47.2 Å². The Morgan fingerprint density at radius 3 is 2.52 bits per heavy atom. The summed E-state index contributed by atoms with van der Waals surface area (Å²) in [6.07, 6.45) is 2.88. The Labute approximate surface area is 173 Å². The Hall–Kier alpha value is -3.06. The Kier molecular flexibility index (Phi) is 5.40. The van der Waals surface area contributed by atoms with Crippen molar-refractivity contribution in [3.63, 3.8) is 0 Å². The van der Waals surface area contributed by atoms with Crippen LogP contribution < -0.4 is 5.32 Å². The zero-order chi connectivity index (χ0) is 20.4. The molecule has 0 bridgehead atoms. The second-order valence-corrected chi connectivity index (χ2v) is 7.40. The molecule has 7 nitrogen and oxygen atoms in total. The molecule has 0 aliphatic carbocycles. The van der Waals surface area contributed by atoms with Gasteiger partial charge in [0.2, 0.25) is 5.91 Å². The van der Waals surface area contributed by atoms with Crippen LogP contribution in [0.1, 0.15) is 23.3 Å². The number of nitrogens with one attached hydrogen (secondary N) is 1. The molecular formula is C21H21ClN4O3. The second-order valence-electron chi connectivity index (χ2n) is 6.96. The van der Waals surface area contributed by atoms with Crippen LogP contribution in [0.5, 0.6) is 0 Å². The molecule has 2 amide bonds. The first kappa shape index (κ1) is 19.3. The molecule has 2 aromatic heterocycles. The van der Waals surface area contributed by atoms with E-state index in [9.17, 15) is 9.59 Å². The summed E-state index contributed by atoms with van der Waals surface area (Å²) in [7, 11) is 1.64. The quantitative estimate of drug-likeness (QED) is 0.712. The van der Waals surface area contributed by atoms with Gasteiger partial charge >= 0.3 is 0 Å². The molecular weight excluding hydrogens is 392 g/mol. The van der Waals surface area contributed by atoms with Gasteiger partial charge in [0.05, 0.1) is 12.0 Å². The molecule has 1 saturated heterocycles. The predicted octanol–water partition coefficient (Wildman–Crippen LogP) is 3.38. The first-order valence-corrected chi connectivity index (χ1v) is 9.85. The third-order valence-electron chi connectivity index (χ3n) is 5.17. The predicted molar refractivity (Wildman–Crippen MR) is 109 cm³/mol. The number of aromatic nitrogens is 2. The molecule has 8 heteroatoms. The number of carbonyl (C=O) groups excluding carboxylic acids is 2. The third kappa shape index (κ3) is 3.91. The minimum atomic E-state index is -0.152. The van der Waals surface area contributed by atoms with Gasteiger partial charge in [-0.2, -0.15) is 5.10 Å². The van der Waals surface area contributed by atoms with E-state index >= 15 is 0 Å². The van der Waals surface area contributed by atoms with Crippen molar-refractivity contribution in [1.82, 2.24) is 20.0 Å². The van der Waals surface area contributed by atoms with Crippen LogP contribution in [0.3, 0.4) is 0 Å². The summed E-state index contributed by atoms with van der Waals surface area (Å²) >= 11 is 6.00. The third-order valence-corrected chi connectivity index (χ3v) is 5.42. The van der Waals surface area contributed by atoms with E-state index < -0.39 is 0 Å². The fraction of sp³-hybridized carbons (Fsp3) is 0.286. The molecule has 3 aromatic rings. The largest absolute Gasteiger partial charge is 0.463 e. The van der Waals surface area contributed by atoms with E-state index in [0.717, 1.165) is 5.69 Å². The van der Waals surface area contributed by atoms with Crippen LogP contribution in [0.15, 0.2) is 53.1 Å². The highest BCUT2D eigenvalue weighted by Crippen LogP contribution is 2.27. The summed E-state index contributed by atoms with van der Waals surface area (Å²) in [5.41, 5.74) is 1.80. The summed E-state index contributed by atoms with van der Waals surface area (Å²) in [6, 6.07) is 12.6. The average Bonchev–Trinajstić information content (AvgIpc) is 3.43. The van der Waals surface area contributed by atoms with Gasteiger partial charge in [-0.25, -0.2) is 4.68 Å². The molecule has 1 N–H and O–H groups in total. The number of hydrogen-bond donors (Lipinski definition) is 1. The number of nitrogens with zero attached hydrogens (tertiary/aromatic N) is 3. The van der Waals surface area contributed by atoms with Gasteiger partial charge in [-0.15, -0.1) is 0 Å². The summed E-state index contributed by atoms with van der Waals surface area (Å²) < 4.78 is 7.22. The number of halogens is 1. The lowest BCUT2D eigenvalue weighted by molar-refractivity contribution is -0.125. The molecule has 29 heavy (non-hydrogen) atoms. The van der Waals surface area contributed by atoms with Gasteiger partial charge in [-0.1, -0.05) is 11.6 Å². The van der Waals surface area contributed by atoms with Crippen molar-refractivity contribution >= 4 is 23.4 Å². The molecule has 1 aliphatic heterocycles. The Morgan fingerprint density at radius 2 is 1.90 bits per heavy atom. The monoisotopic (exact) mass is 412 g/mol. The van der Waals surface area contributed by atoms with Crippen LogP contribution in [-0.2, 0) is 4.79 Å². The van der Waals surface area contributed by atoms with Gasteiger partial charge in [0.15, 0.2) is 11.5 Å². The first-order valence-electron chi connectivity index (χ1n) is 9.47. The number of benzene rings is 1. The minimum Gasteiger partial charge on any atom is -0.463 e. The number of likely N-dealkylation sites (tertiary alicyclic amines) is 1. The summed E-state index contributed by atoms with van der Waals surface area (Å²) in [6.45, 7) is 1.06. The molecule has 1 fully saturated rings. The van der Waals surface area contributed by atoms with Crippen molar-refractivity contribution in [1.29, 1.82) is 0 Å². The van der Waals surface area contributed by atoms with Crippen molar-refractivity contribution in [2.45, 2.75) is 12.8 Å². The topological polar surface area (TPSA) is 80.4 Å². The molecule has 1 aromatic carbocycles. The van der Waals surface area contributed by atoms with Crippen LogP contribution in [0, 0.1) is 5.92 Å².